The highest BCUT2D eigenvalue weighted by molar-refractivity contribution is 7.99. The maximum atomic E-state index is 6.18. The van der Waals surface area contributed by atoms with Gasteiger partial charge in [0.25, 0.3) is 0 Å². The highest BCUT2D eigenvalue weighted by Crippen LogP contribution is 2.37. The monoisotopic (exact) mass is 235 g/mol. The Bertz CT molecular complexity index is 312. The van der Waals surface area contributed by atoms with Crippen molar-refractivity contribution in [3.8, 4) is 0 Å². The molecule has 3 unspecified atom stereocenters. The standard InChI is InChI=1S/C14H21NS/c1-2-16-14-10-12(8-9-13(14)15)11-6-4-3-5-7-11/h3-7,12-14H,2,8-10,15H2,1H3. The summed E-state index contributed by atoms with van der Waals surface area (Å²) in [4.78, 5) is 0. The number of hydrogen-bond acceptors (Lipinski definition) is 2. The normalized spacial score (nSPS) is 30.2. The largest absolute Gasteiger partial charge is 0.327 e. The van der Waals surface area contributed by atoms with Crippen LogP contribution in [0.25, 0.3) is 0 Å². The van der Waals surface area contributed by atoms with Crippen molar-refractivity contribution in [3.05, 3.63) is 35.9 Å². The lowest BCUT2D eigenvalue weighted by atomic mass is 9.82. The van der Waals surface area contributed by atoms with Gasteiger partial charge in [-0.3, -0.25) is 0 Å². The fraction of sp³-hybridized carbons (Fsp3) is 0.571. The quantitative estimate of drug-likeness (QED) is 0.869. The molecule has 0 saturated heterocycles. The van der Waals surface area contributed by atoms with Crippen LogP contribution in [0, 0.1) is 0 Å². The molecule has 3 atom stereocenters. The first-order valence-electron chi connectivity index (χ1n) is 6.23. The highest BCUT2D eigenvalue weighted by atomic mass is 32.2. The molecule has 1 fully saturated rings. The summed E-state index contributed by atoms with van der Waals surface area (Å²) in [7, 11) is 0. The van der Waals surface area contributed by atoms with Crippen molar-refractivity contribution >= 4 is 11.8 Å². The van der Waals surface area contributed by atoms with Gasteiger partial charge in [0.05, 0.1) is 0 Å². The maximum absolute atomic E-state index is 6.18. The SMILES string of the molecule is CCSC1CC(c2ccccc2)CCC1N. The molecule has 1 aliphatic carbocycles. The van der Waals surface area contributed by atoms with E-state index in [1.54, 1.807) is 0 Å². The zero-order valence-corrected chi connectivity index (χ0v) is 10.7. The molecule has 0 spiro atoms. The molecule has 1 saturated carbocycles. The highest BCUT2D eigenvalue weighted by Gasteiger charge is 2.28. The summed E-state index contributed by atoms with van der Waals surface area (Å²) < 4.78 is 0. The van der Waals surface area contributed by atoms with E-state index >= 15 is 0 Å². The summed E-state index contributed by atoms with van der Waals surface area (Å²) in [6, 6.07) is 11.3. The van der Waals surface area contributed by atoms with Crippen molar-refractivity contribution in [1.82, 2.24) is 0 Å². The van der Waals surface area contributed by atoms with E-state index in [1.165, 1.54) is 30.6 Å². The summed E-state index contributed by atoms with van der Waals surface area (Å²) >= 11 is 2.03. The minimum absolute atomic E-state index is 0.407. The predicted molar refractivity (Wildman–Crippen MR) is 72.9 cm³/mol. The fourth-order valence-corrected chi connectivity index (χ4v) is 3.77. The average Bonchev–Trinajstić information content (AvgIpc) is 2.33. The van der Waals surface area contributed by atoms with Gasteiger partial charge in [0.2, 0.25) is 0 Å². The minimum Gasteiger partial charge on any atom is -0.327 e. The first-order chi connectivity index (χ1) is 7.81. The molecule has 0 aromatic heterocycles. The van der Waals surface area contributed by atoms with Crippen LogP contribution in [0.4, 0.5) is 0 Å². The van der Waals surface area contributed by atoms with Crippen LogP contribution in [0.5, 0.6) is 0 Å². The summed E-state index contributed by atoms with van der Waals surface area (Å²) in [6.45, 7) is 2.23. The molecule has 88 valence electrons. The molecule has 1 aliphatic rings. The Kier molecular flexibility index (Phi) is 4.30. The van der Waals surface area contributed by atoms with Crippen LogP contribution in [0.3, 0.4) is 0 Å². The molecule has 2 heteroatoms. The van der Waals surface area contributed by atoms with Crippen LogP contribution in [-0.4, -0.2) is 17.0 Å². The molecule has 0 amide bonds. The van der Waals surface area contributed by atoms with Crippen LogP contribution in [-0.2, 0) is 0 Å². The van der Waals surface area contributed by atoms with E-state index in [-0.39, 0.29) is 0 Å². The molecule has 0 aliphatic heterocycles. The Balaban J connectivity index is 2.03. The summed E-state index contributed by atoms with van der Waals surface area (Å²) in [5.41, 5.74) is 7.68. The zero-order valence-electron chi connectivity index (χ0n) is 9.93. The summed E-state index contributed by atoms with van der Waals surface area (Å²) in [6.07, 6.45) is 3.69. The van der Waals surface area contributed by atoms with Gasteiger partial charge >= 0.3 is 0 Å². The molecular weight excluding hydrogens is 214 g/mol. The van der Waals surface area contributed by atoms with Crippen LogP contribution in [0.2, 0.25) is 0 Å². The van der Waals surface area contributed by atoms with Gasteiger partial charge in [-0.2, -0.15) is 11.8 Å². The van der Waals surface area contributed by atoms with Gasteiger partial charge in [-0.15, -0.1) is 0 Å². The van der Waals surface area contributed by atoms with Crippen molar-refractivity contribution in [1.29, 1.82) is 0 Å². The second kappa shape index (κ2) is 5.74. The molecule has 1 aromatic rings. The van der Waals surface area contributed by atoms with Crippen molar-refractivity contribution in [2.45, 2.75) is 43.4 Å². The molecule has 0 heterocycles. The third kappa shape index (κ3) is 2.80. The predicted octanol–water partition coefficient (Wildman–Crippen LogP) is 3.40. The number of thioether (sulfide) groups is 1. The maximum Gasteiger partial charge on any atom is 0.0204 e. The van der Waals surface area contributed by atoms with E-state index in [1.807, 2.05) is 11.8 Å². The Hall–Kier alpha value is -0.470. The van der Waals surface area contributed by atoms with Gasteiger partial charge in [0.15, 0.2) is 0 Å². The lowest BCUT2D eigenvalue weighted by molar-refractivity contribution is 0.406. The van der Waals surface area contributed by atoms with Crippen molar-refractivity contribution in [2.24, 2.45) is 5.73 Å². The van der Waals surface area contributed by atoms with Crippen LogP contribution in [0.15, 0.2) is 30.3 Å². The number of nitrogens with two attached hydrogens (primary N) is 1. The third-order valence-corrected chi connectivity index (χ3v) is 4.80. The Morgan fingerprint density at radius 2 is 2.00 bits per heavy atom. The fourth-order valence-electron chi connectivity index (χ4n) is 2.59. The van der Waals surface area contributed by atoms with E-state index in [9.17, 15) is 0 Å². The van der Waals surface area contributed by atoms with Crippen molar-refractivity contribution in [2.75, 3.05) is 5.75 Å². The molecule has 16 heavy (non-hydrogen) atoms. The van der Waals surface area contributed by atoms with E-state index in [0.717, 1.165) is 5.92 Å². The van der Waals surface area contributed by atoms with E-state index in [4.69, 9.17) is 5.73 Å². The van der Waals surface area contributed by atoms with Gasteiger partial charge in [0, 0.05) is 11.3 Å². The van der Waals surface area contributed by atoms with E-state index in [2.05, 4.69) is 37.3 Å². The first-order valence-corrected chi connectivity index (χ1v) is 7.28. The molecule has 2 N–H and O–H groups in total. The average molecular weight is 235 g/mol. The van der Waals surface area contributed by atoms with Gasteiger partial charge in [-0.1, -0.05) is 37.3 Å². The Labute approximate surface area is 103 Å². The molecule has 0 radical (unpaired) electrons. The van der Waals surface area contributed by atoms with Crippen molar-refractivity contribution in [3.63, 3.8) is 0 Å². The number of hydrogen-bond donors (Lipinski definition) is 1. The topological polar surface area (TPSA) is 26.0 Å². The Morgan fingerprint density at radius 3 is 2.69 bits per heavy atom. The second-order valence-electron chi connectivity index (χ2n) is 4.58. The lowest BCUT2D eigenvalue weighted by Gasteiger charge is -2.33. The lowest BCUT2D eigenvalue weighted by Crippen LogP contribution is -2.37. The van der Waals surface area contributed by atoms with Crippen LogP contribution in [0.1, 0.15) is 37.7 Å². The van der Waals surface area contributed by atoms with Gasteiger partial charge in [-0.05, 0) is 36.5 Å². The third-order valence-electron chi connectivity index (χ3n) is 3.49. The molecular formula is C14H21NS. The smallest absolute Gasteiger partial charge is 0.0204 e. The zero-order chi connectivity index (χ0) is 11.4. The Morgan fingerprint density at radius 1 is 1.25 bits per heavy atom. The van der Waals surface area contributed by atoms with Gasteiger partial charge in [0.1, 0.15) is 0 Å². The molecule has 1 aromatic carbocycles. The first kappa shape index (κ1) is 12.0. The second-order valence-corrected chi connectivity index (χ2v) is 6.09. The van der Waals surface area contributed by atoms with Gasteiger partial charge < -0.3 is 5.73 Å². The summed E-state index contributed by atoms with van der Waals surface area (Å²) in [5, 5.41) is 0.656. The number of rotatable bonds is 3. The molecule has 0 bridgehead atoms. The number of benzene rings is 1. The minimum atomic E-state index is 0.407. The van der Waals surface area contributed by atoms with E-state index in [0.29, 0.717) is 11.3 Å². The van der Waals surface area contributed by atoms with Gasteiger partial charge in [-0.25, -0.2) is 0 Å². The van der Waals surface area contributed by atoms with Crippen LogP contribution >= 0.6 is 11.8 Å². The molecule has 1 nitrogen and oxygen atoms in total. The van der Waals surface area contributed by atoms with Crippen LogP contribution < -0.4 is 5.73 Å². The summed E-state index contributed by atoms with van der Waals surface area (Å²) in [5.74, 6) is 1.91. The van der Waals surface area contributed by atoms with Crippen molar-refractivity contribution < 1.29 is 0 Å². The molecule has 2 rings (SSSR count). The van der Waals surface area contributed by atoms with E-state index < -0.39 is 0 Å².